The van der Waals surface area contributed by atoms with Crippen molar-refractivity contribution >= 4 is 17.2 Å². The largest absolute Gasteiger partial charge is 0.388 e. The minimum Gasteiger partial charge on any atom is -0.388 e. The summed E-state index contributed by atoms with van der Waals surface area (Å²) >= 11 is 4.25. The lowest BCUT2D eigenvalue weighted by atomic mass is 10.5. The number of nitrogens with two attached hydrogens (primary N) is 1. The summed E-state index contributed by atoms with van der Waals surface area (Å²) < 4.78 is 11.8. The molecule has 0 unspecified atom stereocenters. The number of thiocarbonyl (C=S) groups is 1. The predicted molar refractivity (Wildman–Crippen MR) is 31.7 cm³/mol. The van der Waals surface area contributed by atoms with Gasteiger partial charge in [0.15, 0.2) is 5.83 Å². The smallest absolute Gasteiger partial charge is 0.152 e. The van der Waals surface area contributed by atoms with Crippen LogP contribution >= 0.6 is 12.2 Å². The molecule has 0 aliphatic heterocycles. The molecule has 3 heteroatoms. The topological polar surface area (TPSA) is 26.0 Å². The summed E-state index contributed by atoms with van der Waals surface area (Å²) in [6.45, 7) is 1.54. The molecule has 1 nitrogen and oxygen atoms in total. The summed E-state index contributed by atoms with van der Waals surface area (Å²) in [5.74, 6) is -0.519. The van der Waals surface area contributed by atoms with Crippen molar-refractivity contribution in [2.24, 2.45) is 5.73 Å². The van der Waals surface area contributed by atoms with Gasteiger partial charge in [0.1, 0.15) is 4.99 Å². The Morgan fingerprint density at radius 1 is 1.86 bits per heavy atom. The van der Waals surface area contributed by atoms with Crippen molar-refractivity contribution in [1.82, 2.24) is 0 Å². The Labute approximate surface area is 47.0 Å². The van der Waals surface area contributed by atoms with Crippen LogP contribution in [0.5, 0.6) is 0 Å². The van der Waals surface area contributed by atoms with Gasteiger partial charge < -0.3 is 5.73 Å². The van der Waals surface area contributed by atoms with E-state index >= 15 is 0 Å². The van der Waals surface area contributed by atoms with Crippen molar-refractivity contribution < 1.29 is 4.39 Å². The molecule has 0 aromatic rings. The Morgan fingerprint density at radius 2 is 2.29 bits per heavy atom. The molecule has 0 saturated heterocycles. The van der Waals surface area contributed by atoms with E-state index in [9.17, 15) is 4.39 Å². The molecule has 0 radical (unpaired) electrons. The molecule has 7 heavy (non-hydrogen) atoms. The van der Waals surface area contributed by atoms with E-state index in [-0.39, 0.29) is 4.99 Å². The first kappa shape index (κ1) is 6.56. The fraction of sp³-hybridized carbons (Fsp3) is 0.250. The summed E-state index contributed by atoms with van der Waals surface area (Å²) in [6.07, 6.45) is 1.22. The van der Waals surface area contributed by atoms with E-state index in [2.05, 4.69) is 12.2 Å². The van der Waals surface area contributed by atoms with Gasteiger partial charge in [-0.3, -0.25) is 0 Å². The number of allylic oxidation sites excluding steroid dienone is 1. The maximum absolute atomic E-state index is 11.8. The highest BCUT2D eigenvalue weighted by atomic mass is 32.1. The van der Waals surface area contributed by atoms with Gasteiger partial charge in [0.2, 0.25) is 0 Å². The maximum atomic E-state index is 11.8. The first-order chi connectivity index (χ1) is 3.18. The van der Waals surface area contributed by atoms with E-state index in [1.54, 1.807) is 0 Å². The molecule has 0 atom stereocenters. The second-order valence-corrected chi connectivity index (χ2v) is 1.44. The van der Waals surface area contributed by atoms with E-state index in [0.29, 0.717) is 0 Å². The number of hydrogen-bond donors (Lipinski definition) is 1. The minimum atomic E-state index is -0.519. The van der Waals surface area contributed by atoms with Crippen molar-refractivity contribution in [3.8, 4) is 0 Å². The normalized spacial score (nSPS) is 11.4. The summed E-state index contributed by atoms with van der Waals surface area (Å²) in [5, 5.41) is 0. The van der Waals surface area contributed by atoms with Crippen LogP contribution in [0.4, 0.5) is 4.39 Å². The third kappa shape index (κ3) is 2.28. The van der Waals surface area contributed by atoms with Gasteiger partial charge in [-0.1, -0.05) is 12.2 Å². The van der Waals surface area contributed by atoms with Gasteiger partial charge in [0.25, 0.3) is 0 Å². The van der Waals surface area contributed by atoms with E-state index in [1.807, 2.05) is 0 Å². The standard InChI is InChI=1S/C4H6FNS/c1-2-3(5)4(6)7/h2H,1H3,(H2,6,7). The minimum absolute atomic E-state index is 0.178. The van der Waals surface area contributed by atoms with Gasteiger partial charge in [0.05, 0.1) is 0 Å². The Morgan fingerprint density at radius 3 is 2.29 bits per heavy atom. The highest BCUT2D eigenvalue weighted by molar-refractivity contribution is 7.80. The lowest BCUT2D eigenvalue weighted by molar-refractivity contribution is 0.681. The zero-order valence-corrected chi connectivity index (χ0v) is 4.76. The lowest BCUT2D eigenvalue weighted by Gasteiger charge is -1.85. The zero-order valence-electron chi connectivity index (χ0n) is 3.94. The highest BCUT2D eigenvalue weighted by Crippen LogP contribution is 1.92. The third-order valence-corrected chi connectivity index (χ3v) is 0.684. The zero-order chi connectivity index (χ0) is 5.86. The maximum Gasteiger partial charge on any atom is 0.152 e. The lowest BCUT2D eigenvalue weighted by Crippen LogP contribution is -2.07. The van der Waals surface area contributed by atoms with Gasteiger partial charge in [-0.15, -0.1) is 0 Å². The molecule has 0 fully saturated rings. The van der Waals surface area contributed by atoms with E-state index in [1.165, 1.54) is 13.0 Å². The quantitative estimate of drug-likeness (QED) is 0.414. The van der Waals surface area contributed by atoms with Crippen molar-refractivity contribution in [3.05, 3.63) is 11.9 Å². The van der Waals surface area contributed by atoms with Crippen molar-refractivity contribution in [1.29, 1.82) is 0 Å². The van der Waals surface area contributed by atoms with Crippen LogP contribution < -0.4 is 5.73 Å². The van der Waals surface area contributed by atoms with Crippen LogP contribution in [-0.2, 0) is 0 Å². The second kappa shape index (κ2) is 2.69. The Hall–Kier alpha value is -0.440. The average Bonchev–Trinajstić information content (AvgIpc) is 1.65. The van der Waals surface area contributed by atoms with E-state index in [4.69, 9.17) is 5.73 Å². The molecule has 0 aliphatic carbocycles. The molecule has 0 aliphatic rings. The van der Waals surface area contributed by atoms with Gasteiger partial charge >= 0.3 is 0 Å². The molecule has 2 N–H and O–H groups in total. The Balaban J connectivity index is 3.82. The molecule has 0 saturated carbocycles. The number of rotatable bonds is 1. The third-order valence-electron chi connectivity index (χ3n) is 0.489. The molecule has 0 heterocycles. The number of hydrogen-bond acceptors (Lipinski definition) is 1. The van der Waals surface area contributed by atoms with Gasteiger partial charge in [-0.25, -0.2) is 4.39 Å². The monoisotopic (exact) mass is 119 g/mol. The van der Waals surface area contributed by atoms with Crippen LogP contribution in [0.25, 0.3) is 0 Å². The van der Waals surface area contributed by atoms with Crippen LogP contribution in [0.15, 0.2) is 11.9 Å². The molecule has 40 valence electrons. The van der Waals surface area contributed by atoms with Crippen LogP contribution in [0, 0.1) is 0 Å². The van der Waals surface area contributed by atoms with Crippen molar-refractivity contribution in [2.75, 3.05) is 0 Å². The first-order valence-electron chi connectivity index (χ1n) is 1.80. The summed E-state index contributed by atoms with van der Waals surface area (Å²) in [7, 11) is 0. The van der Waals surface area contributed by atoms with E-state index < -0.39 is 5.83 Å². The van der Waals surface area contributed by atoms with Crippen LogP contribution in [0.2, 0.25) is 0 Å². The highest BCUT2D eigenvalue weighted by Gasteiger charge is 1.90. The fourth-order valence-corrected chi connectivity index (χ4v) is 0.260. The molecule has 0 amide bonds. The molecule has 0 spiro atoms. The summed E-state index contributed by atoms with van der Waals surface area (Å²) in [6, 6.07) is 0. The van der Waals surface area contributed by atoms with E-state index in [0.717, 1.165) is 0 Å². The number of halogens is 1. The molecular formula is C4H6FNS. The van der Waals surface area contributed by atoms with Crippen LogP contribution in [0.3, 0.4) is 0 Å². The van der Waals surface area contributed by atoms with Crippen molar-refractivity contribution in [2.45, 2.75) is 6.92 Å². The SMILES string of the molecule is CC=C(F)C(N)=S. The fourth-order valence-electron chi connectivity index (χ4n) is 0.142. The van der Waals surface area contributed by atoms with Crippen molar-refractivity contribution in [3.63, 3.8) is 0 Å². The van der Waals surface area contributed by atoms with Crippen LogP contribution in [-0.4, -0.2) is 4.99 Å². The Kier molecular flexibility index (Phi) is 2.52. The molecule has 0 rings (SSSR count). The first-order valence-corrected chi connectivity index (χ1v) is 2.21. The van der Waals surface area contributed by atoms with Crippen LogP contribution in [0.1, 0.15) is 6.92 Å². The summed E-state index contributed by atoms with van der Waals surface area (Å²) in [5.41, 5.74) is 4.83. The Bertz CT molecular complexity index is 108. The predicted octanol–water partition coefficient (Wildman–Crippen LogP) is 1.15. The summed E-state index contributed by atoms with van der Waals surface area (Å²) in [4.78, 5) is -0.178. The molecule has 0 bridgehead atoms. The van der Waals surface area contributed by atoms with Gasteiger partial charge in [-0.05, 0) is 13.0 Å². The molecule has 0 aromatic heterocycles. The van der Waals surface area contributed by atoms with Gasteiger partial charge in [0, 0.05) is 0 Å². The average molecular weight is 119 g/mol. The second-order valence-electron chi connectivity index (χ2n) is 1.00. The van der Waals surface area contributed by atoms with Gasteiger partial charge in [-0.2, -0.15) is 0 Å². The molecular weight excluding hydrogens is 113 g/mol. The molecule has 0 aromatic carbocycles.